The highest BCUT2D eigenvalue weighted by molar-refractivity contribution is 5.81. The molecule has 0 saturated carbocycles. The Labute approximate surface area is 139 Å². The summed E-state index contributed by atoms with van der Waals surface area (Å²) >= 11 is 0. The van der Waals surface area contributed by atoms with Crippen molar-refractivity contribution in [2.45, 2.75) is 30.5 Å². The fourth-order valence-corrected chi connectivity index (χ4v) is 1.98. The molecule has 9 nitrogen and oxygen atoms in total. The van der Waals surface area contributed by atoms with Crippen molar-refractivity contribution in [3.05, 3.63) is 25.3 Å². The fraction of sp³-hybridized carbons (Fsp3) is 0.600. The highest BCUT2D eigenvalue weighted by Gasteiger charge is 2.43. The molecule has 0 bridgehead atoms. The van der Waals surface area contributed by atoms with Gasteiger partial charge in [-0.05, 0) is 0 Å². The Balaban J connectivity index is 2.36. The van der Waals surface area contributed by atoms with E-state index in [1.807, 2.05) is 0 Å². The number of ether oxygens (including phenoxy) is 4. The highest BCUT2D eigenvalue weighted by Crippen LogP contribution is 2.21. The molecule has 0 aromatic heterocycles. The summed E-state index contributed by atoms with van der Waals surface area (Å²) in [5.41, 5.74) is 0. The van der Waals surface area contributed by atoms with Crippen LogP contribution in [0.5, 0.6) is 0 Å². The van der Waals surface area contributed by atoms with E-state index < -0.39 is 42.5 Å². The molecular formula is C15H22O9. The maximum absolute atomic E-state index is 11.2. The summed E-state index contributed by atoms with van der Waals surface area (Å²) in [7, 11) is 0. The van der Waals surface area contributed by atoms with Crippen molar-refractivity contribution in [1.82, 2.24) is 0 Å². The van der Waals surface area contributed by atoms with E-state index in [0.29, 0.717) is 0 Å². The van der Waals surface area contributed by atoms with Crippen LogP contribution in [0.2, 0.25) is 0 Å². The molecule has 1 rings (SSSR count). The van der Waals surface area contributed by atoms with Crippen LogP contribution in [0.15, 0.2) is 25.3 Å². The molecule has 3 N–H and O–H groups in total. The van der Waals surface area contributed by atoms with Crippen LogP contribution in [0.3, 0.4) is 0 Å². The van der Waals surface area contributed by atoms with E-state index in [4.69, 9.17) is 14.2 Å². The summed E-state index contributed by atoms with van der Waals surface area (Å²) in [6.07, 6.45) is -3.47. The average Bonchev–Trinajstić information content (AvgIpc) is 2.93. The molecule has 1 aliphatic heterocycles. The Morgan fingerprint density at radius 3 is 2.46 bits per heavy atom. The fourth-order valence-electron chi connectivity index (χ4n) is 1.98. The first-order valence-electron chi connectivity index (χ1n) is 7.24. The third-order valence-corrected chi connectivity index (χ3v) is 3.14. The first kappa shape index (κ1) is 20.3. The van der Waals surface area contributed by atoms with Gasteiger partial charge in [-0.25, -0.2) is 9.59 Å². The molecule has 136 valence electrons. The van der Waals surface area contributed by atoms with E-state index in [0.717, 1.165) is 12.2 Å². The van der Waals surface area contributed by atoms with Gasteiger partial charge in [0, 0.05) is 12.2 Å². The van der Waals surface area contributed by atoms with Crippen LogP contribution in [-0.4, -0.2) is 84.2 Å². The van der Waals surface area contributed by atoms with Gasteiger partial charge >= 0.3 is 11.9 Å². The normalized spacial score (nSPS) is 25.5. The van der Waals surface area contributed by atoms with Crippen molar-refractivity contribution in [2.24, 2.45) is 0 Å². The highest BCUT2D eigenvalue weighted by atomic mass is 16.6. The summed E-state index contributed by atoms with van der Waals surface area (Å²) in [4.78, 5) is 22.1. The molecule has 0 aliphatic carbocycles. The lowest BCUT2D eigenvalue weighted by molar-refractivity contribution is -0.156. The second-order valence-corrected chi connectivity index (χ2v) is 5.06. The minimum atomic E-state index is -1.20. The number of esters is 2. The molecule has 1 saturated heterocycles. The molecule has 1 heterocycles. The molecule has 0 radical (unpaired) electrons. The Morgan fingerprint density at radius 2 is 1.83 bits per heavy atom. The number of carbonyl (C=O) groups is 2. The zero-order valence-electron chi connectivity index (χ0n) is 13.1. The van der Waals surface area contributed by atoms with Gasteiger partial charge in [-0.2, -0.15) is 0 Å². The standard InChI is InChI=1S/C15H22O9/c1-3-12(19)22-6-9(16)5-21-7-10(17)14-15(11(18)8-23-14)24-13(20)4-2/h3-4,9-11,14-18H,1-2,5-8H2. The molecule has 5 unspecified atom stereocenters. The summed E-state index contributed by atoms with van der Waals surface area (Å²) in [6.45, 7) is 5.64. The molecule has 0 aromatic rings. The topological polar surface area (TPSA) is 132 Å². The van der Waals surface area contributed by atoms with Crippen molar-refractivity contribution in [2.75, 3.05) is 26.4 Å². The number of hydrogen-bond donors (Lipinski definition) is 3. The van der Waals surface area contributed by atoms with E-state index >= 15 is 0 Å². The third-order valence-electron chi connectivity index (χ3n) is 3.14. The number of rotatable bonds is 10. The van der Waals surface area contributed by atoms with E-state index in [2.05, 4.69) is 17.9 Å². The van der Waals surface area contributed by atoms with Gasteiger partial charge in [-0.15, -0.1) is 0 Å². The first-order chi connectivity index (χ1) is 11.4. The Morgan fingerprint density at radius 1 is 1.17 bits per heavy atom. The Hall–Kier alpha value is -1.78. The van der Waals surface area contributed by atoms with Gasteiger partial charge in [0.1, 0.15) is 31.0 Å². The van der Waals surface area contributed by atoms with Crippen LogP contribution in [-0.2, 0) is 28.5 Å². The average molecular weight is 346 g/mol. The van der Waals surface area contributed by atoms with Crippen molar-refractivity contribution >= 4 is 11.9 Å². The zero-order valence-corrected chi connectivity index (χ0v) is 13.1. The number of aliphatic hydroxyl groups is 3. The van der Waals surface area contributed by atoms with Gasteiger partial charge in [0.2, 0.25) is 0 Å². The van der Waals surface area contributed by atoms with Gasteiger partial charge in [0.25, 0.3) is 0 Å². The summed E-state index contributed by atoms with van der Waals surface area (Å²) in [5, 5.41) is 29.3. The van der Waals surface area contributed by atoms with E-state index in [-0.39, 0.29) is 26.4 Å². The predicted octanol–water partition coefficient (Wildman–Crippen LogP) is -1.69. The van der Waals surface area contributed by atoms with Crippen molar-refractivity contribution in [1.29, 1.82) is 0 Å². The van der Waals surface area contributed by atoms with Gasteiger partial charge < -0.3 is 34.3 Å². The van der Waals surface area contributed by atoms with Crippen molar-refractivity contribution in [3.63, 3.8) is 0 Å². The monoisotopic (exact) mass is 346 g/mol. The maximum atomic E-state index is 11.2. The predicted molar refractivity (Wildman–Crippen MR) is 79.8 cm³/mol. The largest absolute Gasteiger partial charge is 0.460 e. The van der Waals surface area contributed by atoms with Crippen molar-refractivity contribution < 1.29 is 43.9 Å². The van der Waals surface area contributed by atoms with Gasteiger partial charge in [0.15, 0.2) is 6.10 Å². The molecule has 0 amide bonds. The molecule has 5 atom stereocenters. The van der Waals surface area contributed by atoms with Crippen LogP contribution >= 0.6 is 0 Å². The number of hydrogen-bond acceptors (Lipinski definition) is 9. The summed E-state index contributed by atoms with van der Waals surface area (Å²) < 4.78 is 19.9. The SMILES string of the molecule is C=CC(=O)OCC(O)COCC(O)C1OCC(O)C1OC(=O)C=C. The molecule has 24 heavy (non-hydrogen) atoms. The zero-order chi connectivity index (χ0) is 18.1. The minimum absolute atomic E-state index is 0.100. The lowest BCUT2D eigenvalue weighted by atomic mass is 10.1. The number of carbonyl (C=O) groups excluding carboxylic acids is 2. The van der Waals surface area contributed by atoms with Gasteiger partial charge in [-0.3, -0.25) is 0 Å². The van der Waals surface area contributed by atoms with E-state index in [1.165, 1.54) is 0 Å². The first-order valence-corrected chi connectivity index (χ1v) is 7.24. The summed E-state index contributed by atoms with van der Waals surface area (Å²) in [5.74, 6) is -1.42. The van der Waals surface area contributed by atoms with Crippen LogP contribution < -0.4 is 0 Å². The van der Waals surface area contributed by atoms with Crippen molar-refractivity contribution in [3.8, 4) is 0 Å². The second kappa shape index (κ2) is 10.2. The van der Waals surface area contributed by atoms with Gasteiger partial charge in [-0.1, -0.05) is 13.2 Å². The third kappa shape index (κ3) is 6.38. The molecule has 1 aliphatic rings. The van der Waals surface area contributed by atoms with Crippen LogP contribution in [0.25, 0.3) is 0 Å². The van der Waals surface area contributed by atoms with Crippen LogP contribution in [0.1, 0.15) is 0 Å². The second-order valence-electron chi connectivity index (χ2n) is 5.06. The summed E-state index contributed by atoms with van der Waals surface area (Å²) in [6, 6.07) is 0. The smallest absolute Gasteiger partial charge is 0.330 e. The lowest BCUT2D eigenvalue weighted by Crippen LogP contribution is -2.43. The van der Waals surface area contributed by atoms with E-state index in [9.17, 15) is 24.9 Å². The molecular weight excluding hydrogens is 324 g/mol. The maximum Gasteiger partial charge on any atom is 0.330 e. The Kier molecular flexibility index (Phi) is 8.58. The Bertz CT molecular complexity index is 450. The lowest BCUT2D eigenvalue weighted by Gasteiger charge is -2.24. The molecule has 1 fully saturated rings. The number of aliphatic hydroxyl groups excluding tert-OH is 3. The minimum Gasteiger partial charge on any atom is -0.460 e. The molecule has 0 aromatic carbocycles. The molecule has 0 spiro atoms. The van der Waals surface area contributed by atoms with Crippen LogP contribution in [0, 0.1) is 0 Å². The quantitative estimate of drug-likeness (QED) is 0.313. The van der Waals surface area contributed by atoms with E-state index in [1.54, 1.807) is 0 Å². The van der Waals surface area contributed by atoms with Crippen LogP contribution in [0.4, 0.5) is 0 Å². The van der Waals surface area contributed by atoms with Gasteiger partial charge in [0.05, 0.1) is 19.8 Å². The molecule has 9 heteroatoms.